The van der Waals surface area contributed by atoms with Gasteiger partial charge in [0.05, 0.1) is 19.7 Å². The first-order chi connectivity index (χ1) is 8.13. The highest BCUT2D eigenvalue weighted by Crippen LogP contribution is 1.96. The highest BCUT2D eigenvalue weighted by Gasteiger charge is 2.10. The number of amides is 1. The lowest BCUT2D eigenvalue weighted by Gasteiger charge is -2.15. The number of rotatable bonds is 7. The summed E-state index contributed by atoms with van der Waals surface area (Å²) >= 11 is 0. The quantitative estimate of drug-likeness (QED) is 0.617. The molecule has 0 aliphatic heterocycles. The third-order valence-electron chi connectivity index (χ3n) is 2.21. The Bertz CT molecular complexity index is 352. The van der Waals surface area contributed by atoms with E-state index in [-0.39, 0.29) is 5.91 Å². The molecule has 96 valence electrons. The predicted molar refractivity (Wildman–Crippen MR) is 62.3 cm³/mol. The molecule has 0 radical (unpaired) electrons. The summed E-state index contributed by atoms with van der Waals surface area (Å²) in [4.78, 5) is 17.4. The van der Waals surface area contributed by atoms with Crippen LogP contribution in [0.5, 0.6) is 0 Å². The molecule has 1 amide bonds. The predicted octanol–water partition coefficient (Wildman–Crippen LogP) is -0.692. The van der Waals surface area contributed by atoms with Crippen molar-refractivity contribution in [3.63, 3.8) is 0 Å². The minimum Gasteiger partial charge on any atom is -0.383 e. The molecule has 0 aliphatic rings. The molecule has 0 saturated carbocycles. The molecule has 0 bridgehead atoms. The first-order valence-corrected chi connectivity index (χ1v) is 5.45. The van der Waals surface area contributed by atoms with Crippen LogP contribution < -0.4 is 5.32 Å². The third kappa shape index (κ3) is 4.92. The zero-order valence-electron chi connectivity index (χ0n) is 10.5. The molecule has 0 fully saturated rings. The summed E-state index contributed by atoms with van der Waals surface area (Å²) in [7, 11) is 3.35. The Morgan fingerprint density at radius 1 is 1.59 bits per heavy atom. The number of ether oxygens (including phenoxy) is 1. The molecule has 0 aliphatic carbocycles. The third-order valence-corrected chi connectivity index (χ3v) is 2.21. The van der Waals surface area contributed by atoms with Crippen molar-refractivity contribution >= 4 is 5.91 Å². The van der Waals surface area contributed by atoms with E-state index in [9.17, 15) is 4.79 Å². The fourth-order valence-electron chi connectivity index (χ4n) is 1.26. The summed E-state index contributed by atoms with van der Waals surface area (Å²) < 4.78 is 4.87. The molecule has 0 spiro atoms. The molecule has 0 unspecified atom stereocenters. The first-order valence-electron chi connectivity index (χ1n) is 5.45. The summed E-state index contributed by atoms with van der Waals surface area (Å²) in [5.74, 6) is 1.37. The average Bonchev–Trinajstić information content (AvgIpc) is 2.70. The highest BCUT2D eigenvalue weighted by atomic mass is 16.5. The van der Waals surface area contributed by atoms with E-state index in [0.717, 1.165) is 5.82 Å². The topological polar surface area (TPSA) is 83.1 Å². The minimum absolute atomic E-state index is 0.00329. The number of carbonyl (C=O) groups is 1. The van der Waals surface area contributed by atoms with Gasteiger partial charge in [0, 0.05) is 20.7 Å². The second kappa shape index (κ2) is 6.97. The van der Waals surface area contributed by atoms with E-state index in [2.05, 4.69) is 20.5 Å². The summed E-state index contributed by atoms with van der Waals surface area (Å²) in [5.41, 5.74) is 0. The van der Waals surface area contributed by atoms with Crippen LogP contribution in [-0.2, 0) is 16.1 Å². The Morgan fingerprint density at radius 2 is 2.35 bits per heavy atom. The molecule has 0 aromatic carbocycles. The van der Waals surface area contributed by atoms with Gasteiger partial charge in [0.25, 0.3) is 0 Å². The molecule has 1 aromatic rings. The molecule has 1 aromatic heterocycles. The van der Waals surface area contributed by atoms with Crippen molar-refractivity contribution in [1.82, 2.24) is 25.4 Å². The number of methoxy groups -OCH3 is 1. The van der Waals surface area contributed by atoms with Gasteiger partial charge in [-0.3, -0.25) is 9.89 Å². The van der Waals surface area contributed by atoms with Crippen LogP contribution in [0.3, 0.4) is 0 Å². The molecule has 2 N–H and O–H groups in total. The number of hydrogen-bond acceptors (Lipinski definition) is 5. The van der Waals surface area contributed by atoms with Crippen molar-refractivity contribution in [3.8, 4) is 0 Å². The van der Waals surface area contributed by atoms with E-state index < -0.39 is 0 Å². The van der Waals surface area contributed by atoms with Crippen LogP contribution in [0.25, 0.3) is 0 Å². The van der Waals surface area contributed by atoms with E-state index in [4.69, 9.17) is 4.74 Å². The Balaban J connectivity index is 2.27. The molecule has 0 atom stereocenters. The monoisotopic (exact) mass is 241 g/mol. The lowest BCUT2D eigenvalue weighted by atomic mass is 10.4. The van der Waals surface area contributed by atoms with Crippen LogP contribution in [0.1, 0.15) is 11.6 Å². The molecule has 17 heavy (non-hydrogen) atoms. The van der Waals surface area contributed by atoms with Gasteiger partial charge in [-0.25, -0.2) is 4.98 Å². The SMILES string of the molecule is COCCNCC(=O)N(C)Cc1n[nH]c(C)n1. The lowest BCUT2D eigenvalue weighted by molar-refractivity contribution is -0.129. The molecule has 1 rings (SSSR count). The molecular weight excluding hydrogens is 222 g/mol. The van der Waals surface area contributed by atoms with Gasteiger partial charge in [-0.15, -0.1) is 0 Å². The van der Waals surface area contributed by atoms with Crippen LogP contribution in [0.2, 0.25) is 0 Å². The standard InChI is InChI=1S/C10H19N5O2/c1-8-12-9(14-13-8)7-15(2)10(16)6-11-4-5-17-3/h11H,4-7H2,1-3H3,(H,12,13,14). The highest BCUT2D eigenvalue weighted by molar-refractivity contribution is 5.77. The normalized spacial score (nSPS) is 10.5. The molecule has 7 heteroatoms. The number of nitrogens with one attached hydrogen (secondary N) is 2. The minimum atomic E-state index is 0.00329. The number of nitrogens with zero attached hydrogens (tertiary/aromatic N) is 3. The Labute approximate surface area is 101 Å². The second-order valence-electron chi connectivity index (χ2n) is 3.76. The van der Waals surface area contributed by atoms with E-state index in [1.807, 2.05) is 6.92 Å². The maximum Gasteiger partial charge on any atom is 0.236 e. The van der Waals surface area contributed by atoms with Crippen LogP contribution in [0, 0.1) is 6.92 Å². The largest absolute Gasteiger partial charge is 0.383 e. The van der Waals surface area contributed by atoms with Crippen molar-refractivity contribution in [3.05, 3.63) is 11.6 Å². The van der Waals surface area contributed by atoms with E-state index in [0.29, 0.717) is 32.1 Å². The van der Waals surface area contributed by atoms with E-state index >= 15 is 0 Å². The first kappa shape index (κ1) is 13.6. The summed E-state index contributed by atoms with van der Waals surface area (Å²) in [6.45, 7) is 3.79. The lowest BCUT2D eigenvalue weighted by Crippen LogP contribution is -2.36. The number of hydrogen-bond donors (Lipinski definition) is 2. The van der Waals surface area contributed by atoms with Crippen LogP contribution >= 0.6 is 0 Å². The van der Waals surface area contributed by atoms with Gasteiger partial charge < -0.3 is 15.0 Å². The number of aromatic amines is 1. The number of likely N-dealkylation sites (N-methyl/N-ethyl adjacent to an activating group) is 1. The smallest absolute Gasteiger partial charge is 0.236 e. The molecule has 0 saturated heterocycles. The summed E-state index contributed by atoms with van der Waals surface area (Å²) in [6, 6.07) is 0. The van der Waals surface area contributed by atoms with Crippen LogP contribution in [0.15, 0.2) is 0 Å². The molecular formula is C10H19N5O2. The van der Waals surface area contributed by atoms with E-state index in [1.165, 1.54) is 0 Å². The van der Waals surface area contributed by atoms with E-state index in [1.54, 1.807) is 19.1 Å². The van der Waals surface area contributed by atoms with Gasteiger partial charge in [-0.05, 0) is 6.92 Å². The maximum atomic E-state index is 11.7. The van der Waals surface area contributed by atoms with Crippen molar-refractivity contribution in [2.45, 2.75) is 13.5 Å². The van der Waals surface area contributed by atoms with Gasteiger partial charge in [-0.1, -0.05) is 0 Å². The summed E-state index contributed by atoms with van der Waals surface area (Å²) in [5, 5.41) is 9.71. The zero-order valence-corrected chi connectivity index (χ0v) is 10.5. The Morgan fingerprint density at radius 3 is 2.94 bits per heavy atom. The van der Waals surface area contributed by atoms with Crippen molar-refractivity contribution in [1.29, 1.82) is 0 Å². The average molecular weight is 241 g/mol. The van der Waals surface area contributed by atoms with Gasteiger partial charge in [0.15, 0.2) is 5.82 Å². The van der Waals surface area contributed by atoms with Crippen molar-refractivity contribution in [2.75, 3.05) is 33.9 Å². The molecule has 7 nitrogen and oxygen atoms in total. The Kier molecular flexibility index (Phi) is 5.58. The van der Waals surface area contributed by atoms with Gasteiger partial charge in [-0.2, -0.15) is 5.10 Å². The number of aromatic nitrogens is 3. The number of carbonyl (C=O) groups excluding carboxylic acids is 1. The van der Waals surface area contributed by atoms with Gasteiger partial charge in [0.2, 0.25) is 5.91 Å². The van der Waals surface area contributed by atoms with Gasteiger partial charge in [0.1, 0.15) is 5.82 Å². The van der Waals surface area contributed by atoms with Crippen LogP contribution in [0.4, 0.5) is 0 Å². The maximum absolute atomic E-state index is 11.7. The summed E-state index contributed by atoms with van der Waals surface area (Å²) in [6.07, 6.45) is 0. The van der Waals surface area contributed by atoms with Crippen molar-refractivity contribution in [2.24, 2.45) is 0 Å². The fraction of sp³-hybridized carbons (Fsp3) is 0.700. The second-order valence-corrected chi connectivity index (χ2v) is 3.76. The molecule has 1 heterocycles. The fourth-order valence-corrected chi connectivity index (χ4v) is 1.26. The van der Waals surface area contributed by atoms with Crippen molar-refractivity contribution < 1.29 is 9.53 Å². The number of H-pyrrole nitrogens is 1. The van der Waals surface area contributed by atoms with Crippen LogP contribution in [-0.4, -0.2) is 59.8 Å². The van der Waals surface area contributed by atoms with Gasteiger partial charge >= 0.3 is 0 Å². The zero-order chi connectivity index (χ0) is 12.7. The number of aryl methyl sites for hydroxylation is 1. The Hall–Kier alpha value is -1.47.